The lowest BCUT2D eigenvalue weighted by Crippen LogP contribution is -2.05. The second-order valence-electron chi connectivity index (χ2n) is 5.32. The maximum Gasteiger partial charge on any atom is 0.168 e. The van der Waals surface area contributed by atoms with Crippen molar-refractivity contribution < 1.29 is 0 Å². The Morgan fingerprint density at radius 3 is 2.70 bits per heavy atom. The lowest BCUT2D eigenvalue weighted by atomic mass is 10.1. The first-order chi connectivity index (χ1) is 11.2. The van der Waals surface area contributed by atoms with Crippen molar-refractivity contribution in [2.24, 2.45) is 0 Å². The highest BCUT2D eigenvalue weighted by Crippen LogP contribution is 2.24. The topological polar surface area (TPSA) is 52.5 Å². The van der Waals surface area contributed by atoms with Gasteiger partial charge in [-0.2, -0.15) is 5.26 Å². The van der Waals surface area contributed by atoms with Gasteiger partial charge in [0.25, 0.3) is 0 Å². The van der Waals surface area contributed by atoms with Crippen molar-refractivity contribution in [1.82, 2.24) is 9.97 Å². The number of aromatic nitrogens is 2. The maximum atomic E-state index is 9.45. The highest BCUT2D eigenvalue weighted by Gasteiger charge is 2.13. The fourth-order valence-corrected chi connectivity index (χ4v) is 3.55. The summed E-state index contributed by atoms with van der Waals surface area (Å²) in [6.45, 7) is 2.05. The van der Waals surface area contributed by atoms with E-state index in [2.05, 4.69) is 47.2 Å². The lowest BCUT2D eigenvalue weighted by Gasteiger charge is -2.09. The maximum absolute atomic E-state index is 9.45. The number of thioether (sulfide) groups is 1. The summed E-state index contributed by atoms with van der Waals surface area (Å²) in [4.78, 5) is 7.68. The van der Waals surface area contributed by atoms with Gasteiger partial charge in [0.15, 0.2) is 5.16 Å². The normalized spacial score (nSPS) is 12.0. The van der Waals surface area contributed by atoms with Crippen LogP contribution < -0.4 is 0 Å². The predicted octanol–water partition coefficient (Wildman–Crippen LogP) is 4.83. The van der Waals surface area contributed by atoms with E-state index in [4.69, 9.17) is 12.2 Å². The van der Waals surface area contributed by atoms with E-state index in [1.54, 1.807) is 0 Å². The number of benzene rings is 2. The summed E-state index contributed by atoms with van der Waals surface area (Å²) in [5, 5.41) is 10.9. The van der Waals surface area contributed by atoms with Gasteiger partial charge >= 0.3 is 0 Å². The van der Waals surface area contributed by atoms with Crippen LogP contribution in [0.25, 0.3) is 10.9 Å². The molecule has 0 bridgehead atoms. The summed E-state index contributed by atoms with van der Waals surface area (Å²) < 4.78 is 0.564. The third kappa shape index (κ3) is 3.79. The summed E-state index contributed by atoms with van der Waals surface area (Å²) in [5.41, 5.74) is 3.31. The molecule has 1 heterocycles. The molecule has 3 rings (SSSR count). The molecular weight excluding hydrogens is 322 g/mol. The van der Waals surface area contributed by atoms with Crippen molar-refractivity contribution >= 4 is 34.9 Å². The Kier molecular flexibility index (Phi) is 4.75. The quantitative estimate of drug-likeness (QED) is 0.421. The molecule has 0 fully saturated rings. The Labute approximate surface area is 144 Å². The number of hydrogen-bond donors (Lipinski definition) is 1. The Hall–Kier alpha value is -2.16. The molecule has 0 aliphatic carbocycles. The van der Waals surface area contributed by atoms with Gasteiger partial charge in [0.2, 0.25) is 0 Å². The second-order valence-corrected chi connectivity index (χ2v) is 6.90. The SMILES string of the molecule is Cc1ccc(CC(C#N)Sc2nc(=S)c3ccccc3[nH]2)cc1. The first-order valence-corrected chi connectivity index (χ1v) is 8.55. The van der Waals surface area contributed by atoms with Crippen LogP contribution in [-0.2, 0) is 6.42 Å². The number of aryl methyl sites for hydroxylation is 1. The number of H-pyrrole nitrogens is 1. The molecule has 0 radical (unpaired) electrons. The van der Waals surface area contributed by atoms with Crippen molar-refractivity contribution in [3.8, 4) is 6.07 Å². The molecule has 0 spiro atoms. The van der Waals surface area contributed by atoms with Gasteiger partial charge in [0.05, 0.1) is 11.6 Å². The zero-order chi connectivity index (χ0) is 16.2. The fourth-order valence-electron chi connectivity index (χ4n) is 2.32. The summed E-state index contributed by atoms with van der Waals surface area (Å²) in [6.07, 6.45) is 0.677. The van der Waals surface area contributed by atoms with Gasteiger partial charge in [-0.1, -0.05) is 65.9 Å². The van der Waals surface area contributed by atoms with Gasteiger partial charge in [-0.15, -0.1) is 0 Å². The van der Waals surface area contributed by atoms with Crippen LogP contribution in [0.5, 0.6) is 0 Å². The number of fused-ring (bicyclic) bond motifs is 1. The minimum atomic E-state index is -0.211. The van der Waals surface area contributed by atoms with Gasteiger partial charge in [-0.25, -0.2) is 4.98 Å². The molecule has 0 saturated carbocycles. The minimum absolute atomic E-state index is 0.211. The van der Waals surface area contributed by atoms with Crippen LogP contribution in [0.4, 0.5) is 0 Å². The summed E-state index contributed by atoms with van der Waals surface area (Å²) in [7, 11) is 0. The largest absolute Gasteiger partial charge is 0.334 e. The summed E-state index contributed by atoms with van der Waals surface area (Å²) >= 11 is 6.77. The Morgan fingerprint density at radius 2 is 1.96 bits per heavy atom. The van der Waals surface area contributed by atoms with Gasteiger partial charge < -0.3 is 4.98 Å². The standard InChI is InChI=1S/C18H15N3S2/c1-12-6-8-13(9-7-12)10-14(11-19)23-18-20-16-5-3-2-4-15(16)17(22)21-18/h2-9,14H,10H2,1H3,(H,20,21,22). The average molecular weight is 337 g/mol. The molecule has 1 N–H and O–H groups in total. The Bertz CT molecular complexity index is 923. The van der Waals surface area contributed by atoms with Crippen molar-refractivity contribution in [1.29, 1.82) is 5.26 Å². The van der Waals surface area contributed by atoms with E-state index in [0.29, 0.717) is 16.2 Å². The second kappa shape index (κ2) is 6.95. The third-order valence-electron chi connectivity index (χ3n) is 3.54. The van der Waals surface area contributed by atoms with E-state index in [0.717, 1.165) is 16.5 Å². The minimum Gasteiger partial charge on any atom is -0.334 e. The van der Waals surface area contributed by atoms with Gasteiger partial charge in [-0.3, -0.25) is 0 Å². The van der Waals surface area contributed by atoms with Gasteiger partial charge in [0.1, 0.15) is 9.89 Å². The zero-order valence-corrected chi connectivity index (χ0v) is 14.2. The van der Waals surface area contributed by atoms with E-state index in [-0.39, 0.29) is 5.25 Å². The highest BCUT2D eigenvalue weighted by atomic mass is 32.2. The molecular formula is C18H15N3S2. The molecule has 2 aromatic carbocycles. The molecule has 1 aromatic heterocycles. The van der Waals surface area contributed by atoms with Gasteiger partial charge in [-0.05, 0) is 31.0 Å². The third-order valence-corrected chi connectivity index (χ3v) is 4.83. The van der Waals surface area contributed by atoms with Crippen molar-refractivity contribution in [3.05, 3.63) is 64.3 Å². The average Bonchev–Trinajstić information content (AvgIpc) is 2.56. The lowest BCUT2D eigenvalue weighted by molar-refractivity contribution is 0.965. The van der Waals surface area contributed by atoms with E-state index >= 15 is 0 Å². The molecule has 0 aliphatic rings. The summed E-state index contributed by atoms with van der Waals surface area (Å²) in [5.74, 6) is 0. The zero-order valence-electron chi connectivity index (χ0n) is 12.6. The van der Waals surface area contributed by atoms with Crippen LogP contribution in [0.1, 0.15) is 11.1 Å². The summed E-state index contributed by atoms with van der Waals surface area (Å²) in [6, 6.07) is 18.4. The molecule has 3 aromatic rings. The smallest absolute Gasteiger partial charge is 0.168 e. The van der Waals surface area contributed by atoms with E-state index in [9.17, 15) is 5.26 Å². The van der Waals surface area contributed by atoms with E-state index in [1.807, 2.05) is 24.3 Å². The number of nitriles is 1. The molecule has 0 aliphatic heterocycles. The fraction of sp³-hybridized carbons (Fsp3) is 0.167. The number of para-hydroxylation sites is 1. The number of rotatable bonds is 4. The van der Waals surface area contributed by atoms with Crippen LogP contribution >= 0.6 is 24.0 Å². The number of aromatic amines is 1. The van der Waals surface area contributed by atoms with Crippen LogP contribution in [-0.4, -0.2) is 15.2 Å². The van der Waals surface area contributed by atoms with Crippen molar-refractivity contribution in [2.75, 3.05) is 0 Å². The van der Waals surface area contributed by atoms with E-state index < -0.39 is 0 Å². The van der Waals surface area contributed by atoms with Crippen LogP contribution in [0.15, 0.2) is 53.7 Å². The predicted molar refractivity (Wildman–Crippen MR) is 97.1 cm³/mol. The molecule has 3 nitrogen and oxygen atoms in total. The monoisotopic (exact) mass is 337 g/mol. The molecule has 114 valence electrons. The highest BCUT2D eigenvalue weighted by molar-refractivity contribution is 8.00. The Morgan fingerprint density at radius 1 is 1.22 bits per heavy atom. The molecule has 0 saturated heterocycles. The number of nitrogens with zero attached hydrogens (tertiary/aromatic N) is 2. The van der Waals surface area contributed by atoms with E-state index in [1.165, 1.54) is 17.3 Å². The van der Waals surface area contributed by atoms with Crippen LogP contribution in [0.3, 0.4) is 0 Å². The molecule has 0 amide bonds. The number of nitrogens with one attached hydrogen (secondary N) is 1. The van der Waals surface area contributed by atoms with Crippen LogP contribution in [0.2, 0.25) is 0 Å². The van der Waals surface area contributed by atoms with Crippen LogP contribution in [0, 0.1) is 22.9 Å². The first-order valence-electron chi connectivity index (χ1n) is 7.26. The Balaban J connectivity index is 1.83. The molecule has 5 heteroatoms. The van der Waals surface area contributed by atoms with Crippen molar-refractivity contribution in [3.63, 3.8) is 0 Å². The number of hydrogen-bond acceptors (Lipinski definition) is 4. The molecule has 23 heavy (non-hydrogen) atoms. The van der Waals surface area contributed by atoms with Gasteiger partial charge in [0, 0.05) is 5.39 Å². The first kappa shape index (κ1) is 15.7. The molecule has 1 atom stereocenters. The van der Waals surface area contributed by atoms with Crippen molar-refractivity contribution in [2.45, 2.75) is 23.8 Å². The molecule has 1 unspecified atom stereocenters.